The van der Waals surface area contributed by atoms with E-state index in [1.54, 1.807) is 13.3 Å². The van der Waals surface area contributed by atoms with Crippen molar-refractivity contribution in [2.24, 2.45) is 0 Å². The molecule has 5 nitrogen and oxygen atoms in total. The van der Waals surface area contributed by atoms with E-state index in [0.29, 0.717) is 26.2 Å². The monoisotopic (exact) mass is 308 g/mol. The molecule has 0 aliphatic rings. The van der Waals surface area contributed by atoms with Gasteiger partial charge in [0.05, 0.1) is 24.9 Å². The van der Waals surface area contributed by atoms with Crippen molar-refractivity contribution in [3.63, 3.8) is 0 Å². The van der Waals surface area contributed by atoms with Crippen LogP contribution in [0.1, 0.15) is 44.3 Å². The fourth-order valence-corrected chi connectivity index (χ4v) is 2.31. The van der Waals surface area contributed by atoms with Crippen molar-refractivity contribution >= 4 is 5.91 Å². The zero-order chi connectivity index (χ0) is 16.2. The summed E-state index contributed by atoms with van der Waals surface area (Å²) in [4.78, 5) is 18.6. The lowest BCUT2D eigenvalue weighted by Gasteiger charge is -2.27. The van der Waals surface area contributed by atoms with E-state index in [1.807, 2.05) is 30.1 Å². The van der Waals surface area contributed by atoms with Crippen LogP contribution in [0.2, 0.25) is 0 Å². The van der Waals surface area contributed by atoms with Crippen LogP contribution >= 0.6 is 0 Å². The molecule has 1 rings (SSSR count). The molecule has 1 heterocycles. The summed E-state index contributed by atoms with van der Waals surface area (Å²) in [6.07, 6.45) is 4.94. The molecule has 1 aromatic heterocycles. The van der Waals surface area contributed by atoms with Crippen molar-refractivity contribution in [3.8, 4) is 0 Å². The van der Waals surface area contributed by atoms with Crippen molar-refractivity contribution in [2.45, 2.75) is 38.6 Å². The number of carbonyl (C=O) groups excluding carboxylic acids is 1. The summed E-state index contributed by atoms with van der Waals surface area (Å²) < 4.78 is 10.3. The Kier molecular flexibility index (Phi) is 9.42. The average molecular weight is 308 g/mol. The number of ether oxygens (including phenoxy) is 2. The maximum Gasteiger partial charge on any atom is 0.222 e. The van der Waals surface area contributed by atoms with Crippen molar-refractivity contribution in [3.05, 3.63) is 30.1 Å². The molecule has 5 heteroatoms. The molecule has 1 atom stereocenters. The number of methoxy groups -OCH3 is 1. The first-order valence-electron chi connectivity index (χ1n) is 7.94. The van der Waals surface area contributed by atoms with Gasteiger partial charge in [0.25, 0.3) is 0 Å². The van der Waals surface area contributed by atoms with E-state index in [4.69, 9.17) is 9.47 Å². The van der Waals surface area contributed by atoms with Crippen LogP contribution in [0.25, 0.3) is 0 Å². The van der Waals surface area contributed by atoms with E-state index in [1.165, 1.54) is 0 Å². The van der Waals surface area contributed by atoms with Gasteiger partial charge in [0, 0.05) is 33.4 Å². The Balaban J connectivity index is 2.44. The van der Waals surface area contributed by atoms with Gasteiger partial charge in [0.15, 0.2) is 0 Å². The zero-order valence-corrected chi connectivity index (χ0v) is 14.0. The summed E-state index contributed by atoms with van der Waals surface area (Å²) in [6, 6.07) is 5.89. The Hall–Kier alpha value is -1.46. The fourth-order valence-electron chi connectivity index (χ4n) is 2.31. The van der Waals surface area contributed by atoms with Crippen molar-refractivity contribution in [2.75, 3.05) is 34.0 Å². The van der Waals surface area contributed by atoms with Gasteiger partial charge in [0.1, 0.15) is 0 Å². The number of hydrogen-bond donors (Lipinski definition) is 0. The third-order valence-electron chi connectivity index (χ3n) is 3.56. The van der Waals surface area contributed by atoms with Crippen LogP contribution in [0.5, 0.6) is 0 Å². The number of rotatable bonds is 11. The summed E-state index contributed by atoms with van der Waals surface area (Å²) in [5, 5.41) is 0. The highest BCUT2D eigenvalue weighted by atomic mass is 16.5. The first kappa shape index (κ1) is 18.6. The molecule has 0 unspecified atom stereocenters. The summed E-state index contributed by atoms with van der Waals surface area (Å²) in [6.45, 7) is 3.88. The highest BCUT2D eigenvalue weighted by Gasteiger charge is 2.21. The molecule has 0 saturated heterocycles. The predicted molar refractivity (Wildman–Crippen MR) is 86.6 cm³/mol. The second-order valence-electron chi connectivity index (χ2n) is 5.27. The first-order chi connectivity index (χ1) is 10.7. The second kappa shape index (κ2) is 11.2. The molecule has 0 fully saturated rings. The minimum absolute atomic E-state index is 0.0492. The maximum absolute atomic E-state index is 12.3. The number of amides is 1. The summed E-state index contributed by atoms with van der Waals surface area (Å²) in [5.41, 5.74) is 0.955. The van der Waals surface area contributed by atoms with Gasteiger partial charge in [-0.25, -0.2) is 0 Å². The third-order valence-corrected chi connectivity index (χ3v) is 3.56. The van der Waals surface area contributed by atoms with Crippen molar-refractivity contribution in [1.82, 2.24) is 9.88 Å². The fraction of sp³-hybridized carbons (Fsp3) is 0.647. The quantitative estimate of drug-likeness (QED) is 0.590. The average Bonchev–Trinajstić information content (AvgIpc) is 2.55. The smallest absolute Gasteiger partial charge is 0.222 e. The molecular formula is C17H28N2O3. The molecule has 22 heavy (non-hydrogen) atoms. The Morgan fingerprint density at radius 1 is 1.32 bits per heavy atom. The maximum atomic E-state index is 12.3. The lowest BCUT2D eigenvalue weighted by Crippen LogP contribution is -2.31. The molecule has 0 spiro atoms. The van der Waals surface area contributed by atoms with Crippen molar-refractivity contribution < 1.29 is 14.3 Å². The predicted octanol–water partition coefficient (Wildman–Crippen LogP) is 2.82. The molecule has 124 valence electrons. The van der Waals surface area contributed by atoms with Gasteiger partial charge in [-0.2, -0.15) is 0 Å². The number of carbonyl (C=O) groups is 1. The van der Waals surface area contributed by atoms with Crippen LogP contribution in [0.15, 0.2) is 24.4 Å². The second-order valence-corrected chi connectivity index (χ2v) is 5.27. The Bertz CT molecular complexity index is 412. The standard InChI is InChI=1S/C17H28N2O3/c1-4-8-16(15-9-5-6-11-18-15)19(2)17(20)10-7-12-22-14-13-21-3/h5-6,9,11,16H,4,7-8,10,12-14H2,1-3H3/t16-/m1/s1. The highest BCUT2D eigenvalue weighted by molar-refractivity contribution is 5.76. The molecule has 1 amide bonds. The Morgan fingerprint density at radius 2 is 2.14 bits per heavy atom. The van der Waals surface area contributed by atoms with E-state index in [9.17, 15) is 4.79 Å². The minimum atomic E-state index is 0.0492. The van der Waals surface area contributed by atoms with Crippen LogP contribution in [0.3, 0.4) is 0 Å². The van der Waals surface area contributed by atoms with E-state index in [2.05, 4.69) is 11.9 Å². The molecule has 0 aliphatic heterocycles. The molecule has 0 aliphatic carbocycles. The van der Waals surface area contributed by atoms with Crippen LogP contribution in [-0.4, -0.2) is 49.8 Å². The van der Waals surface area contributed by atoms with Gasteiger partial charge in [-0.05, 0) is 25.0 Å². The molecule has 0 saturated carbocycles. The number of hydrogen-bond acceptors (Lipinski definition) is 4. The Labute approximate surface area is 133 Å². The van der Waals surface area contributed by atoms with Crippen LogP contribution in [0, 0.1) is 0 Å². The summed E-state index contributed by atoms with van der Waals surface area (Å²) in [7, 11) is 3.51. The lowest BCUT2D eigenvalue weighted by atomic mass is 10.1. The van der Waals surface area contributed by atoms with Gasteiger partial charge in [-0.3, -0.25) is 9.78 Å². The van der Waals surface area contributed by atoms with Gasteiger partial charge >= 0.3 is 0 Å². The molecule has 1 aromatic rings. The van der Waals surface area contributed by atoms with Crippen LogP contribution in [0.4, 0.5) is 0 Å². The SMILES string of the molecule is CCC[C@H](c1ccccn1)N(C)C(=O)CCCOCCOC. The number of aromatic nitrogens is 1. The molecule has 0 N–H and O–H groups in total. The van der Waals surface area contributed by atoms with E-state index < -0.39 is 0 Å². The lowest BCUT2D eigenvalue weighted by molar-refractivity contribution is -0.132. The van der Waals surface area contributed by atoms with E-state index in [0.717, 1.165) is 25.0 Å². The van der Waals surface area contributed by atoms with Gasteiger partial charge in [-0.1, -0.05) is 19.4 Å². The summed E-state index contributed by atoms with van der Waals surface area (Å²) >= 11 is 0. The zero-order valence-electron chi connectivity index (χ0n) is 14.0. The molecule has 0 bridgehead atoms. The summed E-state index contributed by atoms with van der Waals surface area (Å²) in [5.74, 6) is 0.138. The van der Waals surface area contributed by atoms with Crippen LogP contribution in [-0.2, 0) is 14.3 Å². The topological polar surface area (TPSA) is 51.7 Å². The van der Waals surface area contributed by atoms with Gasteiger partial charge in [-0.15, -0.1) is 0 Å². The van der Waals surface area contributed by atoms with Gasteiger partial charge in [0.2, 0.25) is 5.91 Å². The normalized spacial score (nSPS) is 12.1. The minimum Gasteiger partial charge on any atom is -0.382 e. The Morgan fingerprint density at radius 3 is 2.77 bits per heavy atom. The van der Waals surface area contributed by atoms with E-state index in [-0.39, 0.29) is 11.9 Å². The van der Waals surface area contributed by atoms with Gasteiger partial charge < -0.3 is 14.4 Å². The first-order valence-corrected chi connectivity index (χ1v) is 7.94. The van der Waals surface area contributed by atoms with E-state index >= 15 is 0 Å². The highest BCUT2D eigenvalue weighted by Crippen LogP contribution is 2.23. The van der Waals surface area contributed by atoms with Crippen molar-refractivity contribution in [1.29, 1.82) is 0 Å². The van der Waals surface area contributed by atoms with Crippen LogP contribution < -0.4 is 0 Å². The molecular weight excluding hydrogens is 280 g/mol. The third kappa shape index (κ3) is 6.54. The number of pyridine rings is 1. The largest absolute Gasteiger partial charge is 0.382 e. The molecule has 0 radical (unpaired) electrons. The molecule has 0 aromatic carbocycles. The number of nitrogens with zero attached hydrogens (tertiary/aromatic N) is 2.